The Hall–Kier alpha value is -2.01. The van der Waals surface area contributed by atoms with Crippen LogP contribution in [0.5, 0.6) is 5.75 Å². The molecule has 0 aliphatic carbocycles. The van der Waals surface area contributed by atoms with E-state index in [1.165, 1.54) is 0 Å². The average molecular weight is 304 g/mol. The Morgan fingerprint density at radius 3 is 2.77 bits per heavy atom. The second-order valence-corrected chi connectivity index (χ2v) is 6.56. The third-order valence-electron chi connectivity index (χ3n) is 3.81. The van der Waals surface area contributed by atoms with Crippen LogP contribution in [0.1, 0.15) is 26.3 Å². The number of hydrogen-bond acceptors (Lipinski definition) is 3. The molecule has 0 saturated heterocycles. The third kappa shape index (κ3) is 3.60. The quantitative estimate of drug-likeness (QED) is 0.793. The number of nitrogens with one attached hydrogen (secondary N) is 2. The second-order valence-electron chi connectivity index (χ2n) is 6.56. The number of methoxy groups -OCH3 is 1. The Balaban J connectivity index is 2.06. The number of aliphatic hydroxyl groups is 1. The number of carbonyl (C=O) groups is 1. The molecule has 1 heterocycles. The number of hydrogen-bond donors (Lipinski definition) is 3. The summed E-state index contributed by atoms with van der Waals surface area (Å²) < 4.78 is 5.36. The summed E-state index contributed by atoms with van der Waals surface area (Å²) in [4.78, 5) is 15.3. The topological polar surface area (TPSA) is 74.4 Å². The van der Waals surface area contributed by atoms with Gasteiger partial charge >= 0.3 is 0 Å². The van der Waals surface area contributed by atoms with E-state index in [9.17, 15) is 9.90 Å². The molecule has 1 atom stereocenters. The van der Waals surface area contributed by atoms with Gasteiger partial charge in [-0.2, -0.15) is 0 Å². The zero-order chi connectivity index (χ0) is 16.3. The Labute approximate surface area is 130 Å². The SMILES string of the molecule is COc1cccc2[nH]cc(CC(=O)NCC(O)C(C)(C)C)c12. The number of fused-ring (bicyclic) bond motifs is 1. The molecule has 1 aromatic heterocycles. The minimum atomic E-state index is -0.575. The van der Waals surface area contributed by atoms with Crippen molar-refractivity contribution in [3.63, 3.8) is 0 Å². The number of benzene rings is 1. The highest BCUT2D eigenvalue weighted by molar-refractivity contribution is 5.93. The molecule has 1 unspecified atom stereocenters. The zero-order valence-electron chi connectivity index (χ0n) is 13.6. The van der Waals surface area contributed by atoms with Crippen molar-refractivity contribution >= 4 is 16.8 Å². The van der Waals surface area contributed by atoms with Gasteiger partial charge in [-0.25, -0.2) is 0 Å². The third-order valence-corrected chi connectivity index (χ3v) is 3.81. The molecule has 0 saturated carbocycles. The molecular weight excluding hydrogens is 280 g/mol. The number of amides is 1. The highest BCUT2D eigenvalue weighted by Crippen LogP contribution is 2.28. The van der Waals surface area contributed by atoms with Crippen LogP contribution in [0.15, 0.2) is 24.4 Å². The number of rotatable bonds is 5. The average Bonchev–Trinajstić information content (AvgIpc) is 2.87. The van der Waals surface area contributed by atoms with Gasteiger partial charge in [-0.1, -0.05) is 26.8 Å². The lowest BCUT2D eigenvalue weighted by atomic mass is 9.89. The van der Waals surface area contributed by atoms with E-state index in [4.69, 9.17) is 4.74 Å². The van der Waals surface area contributed by atoms with Crippen LogP contribution in [-0.2, 0) is 11.2 Å². The summed E-state index contributed by atoms with van der Waals surface area (Å²) in [5.41, 5.74) is 1.57. The summed E-state index contributed by atoms with van der Waals surface area (Å²) in [6, 6.07) is 5.73. The maximum Gasteiger partial charge on any atom is 0.224 e. The fraction of sp³-hybridized carbons (Fsp3) is 0.471. The van der Waals surface area contributed by atoms with Gasteiger partial charge in [0.05, 0.1) is 19.6 Å². The lowest BCUT2D eigenvalue weighted by Crippen LogP contribution is -2.39. The molecule has 5 heteroatoms. The smallest absolute Gasteiger partial charge is 0.224 e. The standard InChI is InChI=1S/C17H24N2O3/c1-17(2,3)14(20)10-19-15(21)8-11-9-18-12-6-5-7-13(22-4)16(11)12/h5-7,9,14,18,20H,8,10H2,1-4H3,(H,19,21). The Morgan fingerprint density at radius 1 is 1.41 bits per heavy atom. The molecule has 1 amide bonds. The van der Waals surface area contributed by atoms with Gasteiger partial charge in [-0.05, 0) is 23.1 Å². The first kappa shape index (κ1) is 16.4. The molecule has 120 valence electrons. The van der Waals surface area contributed by atoms with E-state index in [-0.39, 0.29) is 24.3 Å². The summed E-state index contributed by atoms with van der Waals surface area (Å²) >= 11 is 0. The van der Waals surface area contributed by atoms with E-state index < -0.39 is 6.10 Å². The van der Waals surface area contributed by atoms with Crippen molar-refractivity contribution in [2.24, 2.45) is 5.41 Å². The van der Waals surface area contributed by atoms with E-state index in [1.807, 2.05) is 45.2 Å². The van der Waals surface area contributed by atoms with Crippen molar-refractivity contribution in [1.82, 2.24) is 10.3 Å². The van der Waals surface area contributed by atoms with Crippen LogP contribution in [0.4, 0.5) is 0 Å². The summed E-state index contributed by atoms with van der Waals surface area (Å²) in [5.74, 6) is 0.631. The monoisotopic (exact) mass is 304 g/mol. The van der Waals surface area contributed by atoms with Crippen LogP contribution in [0, 0.1) is 5.41 Å². The lowest BCUT2D eigenvalue weighted by molar-refractivity contribution is -0.121. The first-order valence-corrected chi connectivity index (χ1v) is 7.40. The van der Waals surface area contributed by atoms with E-state index in [1.54, 1.807) is 7.11 Å². The van der Waals surface area contributed by atoms with Crippen molar-refractivity contribution in [3.05, 3.63) is 30.0 Å². The van der Waals surface area contributed by atoms with Gasteiger partial charge in [0, 0.05) is 23.6 Å². The Morgan fingerprint density at radius 2 is 2.14 bits per heavy atom. The second kappa shape index (κ2) is 6.40. The molecule has 0 aliphatic rings. The Kier molecular flexibility index (Phi) is 4.76. The number of carbonyl (C=O) groups excluding carboxylic acids is 1. The minimum absolute atomic E-state index is 0.116. The van der Waals surface area contributed by atoms with E-state index in [0.29, 0.717) is 0 Å². The fourth-order valence-corrected chi connectivity index (χ4v) is 2.28. The molecular formula is C17H24N2O3. The summed E-state index contributed by atoms with van der Waals surface area (Å²) in [6.07, 6.45) is 1.50. The van der Waals surface area contributed by atoms with Crippen LogP contribution in [0.2, 0.25) is 0 Å². The largest absolute Gasteiger partial charge is 0.496 e. The number of aromatic amines is 1. The van der Waals surface area contributed by atoms with Gasteiger partial charge < -0.3 is 20.1 Å². The molecule has 0 spiro atoms. The van der Waals surface area contributed by atoms with Gasteiger partial charge in [-0.3, -0.25) is 4.79 Å². The predicted molar refractivity (Wildman–Crippen MR) is 87.0 cm³/mol. The molecule has 2 rings (SSSR count). The van der Waals surface area contributed by atoms with Gasteiger partial charge in [-0.15, -0.1) is 0 Å². The fourth-order valence-electron chi connectivity index (χ4n) is 2.28. The van der Waals surface area contributed by atoms with Crippen LogP contribution in [0.3, 0.4) is 0 Å². The first-order valence-electron chi connectivity index (χ1n) is 7.40. The van der Waals surface area contributed by atoms with Crippen LogP contribution in [0.25, 0.3) is 10.9 Å². The number of ether oxygens (including phenoxy) is 1. The minimum Gasteiger partial charge on any atom is -0.496 e. The maximum absolute atomic E-state index is 12.1. The molecule has 2 aromatic rings. The maximum atomic E-state index is 12.1. The predicted octanol–water partition coefficient (Wildman–Crippen LogP) is 2.24. The van der Waals surface area contributed by atoms with Crippen molar-refractivity contribution in [3.8, 4) is 5.75 Å². The highest BCUT2D eigenvalue weighted by Gasteiger charge is 2.22. The van der Waals surface area contributed by atoms with Crippen LogP contribution in [-0.4, -0.2) is 35.8 Å². The molecule has 22 heavy (non-hydrogen) atoms. The van der Waals surface area contributed by atoms with Crippen molar-refractivity contribution < 1.29 is 14.6 Å². The lowest BCUT2D eigenvalue weighted by Gasteiger charge is -2.25. The Bertz CT molecular complexity index is 655. The van der Waals surface area contributed by atoms with Gasteiger partial charge in [0.25, 0.3) is 0 Å². The number of aliphatic hydroxyl groups excluding tert-OH is 1. The van der Waals surface area contributed by atoms with Gasteiger partial charge in [0.2, 0.25) is 5.91 Å². The first-order chi connectivity index (χ1) is 10.3. The van der Waals surface area contributed by atoms with Gasteiger partial charge in [0.15, 0.2) is 0 Å². The molecule has 5 nitrogen and oxygen atoms in total. The highest BCUT2D eigenvalue weighted by atomic mass is 16.5. The molecule has 0 radical (unpaired) electrons. The molecule has 0 fully saturated rings. The summed E-state index contributed by atoms with van der Waals surface area (Å²) in [7, 11) is 1.62. The number of aromatic nitrogens is 1. The van der Waals surface area contributed by atoms with Crippen molar-refractivity contribution in [2.45, 2.75) is 33.3 Å². The molecule has 1 aromatic carbocycles. The molecule has 0 aliphatic heterocycles. The van der Waals surface area contributed by atoms with E-state index >= 15 is 0 Å². The van der Waals surface area contributed by atoms with Crippen molar-refractivity contribution in [2.75, 3.05) is 13.7 Å². The van der Waals surface area contributed by atoms with Crippen LogP contribution < -0.4 is 10.1 Å². The van der Waals surface area contributed by atoms with E-state index in [2.05, 4.69) is 10.3 Å². The van der Waals surface area contributed by atoms with Gasteiger partial charge in [0.1, 0.15) is 5.75 Å². The number of H-pyrrole nitrogens is 1. The summed E-state index contributed by atoms with van der Waals surface area (Å²) in [6.45, 7) is 6.07. The van der Waals surface area contributed by atoms with Crippen LogP contribution >= 0.6 is 0 Å². The zero-order valence-corrected chi connectivity index (χ0v) is 13.6. The van der Waals surface area contributed by atoms with Crippen molar-refractivity contribution in [1.29, 1.82) is 0 Å². The molecule has 0 bridgehead atoms. The normalized spacial score (nSPS) is 13.1. The molecule has 3 N–H and O–H groups in total. The summed E-state index contributed by atoms with van der Waals surface area (Å²) in [5, 5.41) is 13.7. The van der Waals surface area contributed by atoms with E-state index in [0.717, 1.165) is 22.2 Å².